The normalized spacial score (nSPS) is 17.2. The van der Waals surface area contributed by atoms with Gasteiger partial charge in [0.15, 0.2) is 0 Å². The zero-order valence-electron chi connectivity index (χ0n) is 8.51. The van der Waals surface area contributed by atoms with Crippen molar-refractivity contribution >= 4 is 5.97 Å². The Morgan fingerprint density at radius 2 is 2.23 bits per heavy atom. The van der Waals surface area contributed by atoms with Crippen LogP contribution in [0.5, 0.6) is 0 Å². The highest BCUT2D eigenvalue weighted by atomic mass is 16.5. The third kappa shape index (κ3) is 3.77. The van der Waals surface area contributed by atoms with E-state index in [-0.39, 0.29) is 11.9 Å². The summed E-state index contributed by atoms with van der Waals surface area (Å²) in [7, 11) is 0. The van der Waals surface area contributed by atoms with Gasteiger partial charge in [0.25, 0.3) is 0 Å². The van der Waals surface area contributed by atoms with Gasteiger partial charge in [-0.15, -0.1) is 0 Å². The van der Waals surface area contributed by atoms with E-state index < -0.39 is 0 Å². The molecule has 1 heterocycles. The zero-order valence-corrected chi connectivity index (χ0v) is 8.51. The standard InChI is InChI=1S/C10H19NO2/c1-8(2)4-3-5-13-10(12)9-6-11-7-9/h8-9,11H,3-7H2,1-2H3. The monoisotopic (exact) mass is 185 g/mol. The van der Waals surface area contributed by atoms with Crippen LogP contribution in [0, 0.1) is 11.8 Å². The quantitative estimate of drug-likeness (QED) is 0.516. The largest absolute Gasteiger partial charge is 0.465 e. The highest BCUT2D eigenvalue weighted by Crippen LogP contribution is 2.07. The highest BCUT2D eigenvalue weighted by molar-refractivity contribution is 5.73. The van der Waals surface area contributed by atoms with Gasteiger partial charge < -0.3 is 10.1 Å². The van der Waals surface area contributed by atoms with E-state index in [1.165, 1.54) is 0 Å². The van der Waals surface area contributed by atoms with Crippen LogP contribution in [-0.4, -0.2) is 25.7 Å². The van der Waals surface area contributed by atoms with Crippen LogP contribution in [0.25, 0.3) is 0 Å². The molecule has 1 fully saturated rings. The molecule has 0 aromatic rings. The molecule has 76 valence electrons. The van der Waals surface area contributed by atoms with Crippen LogP contribution >= 0.6 is 0 Å². The van der Waals surface area contributed by atoms with Gasteiger partial charge in [-0.3, -0.25) is 4.79 Å². The molecule has 0 aliphatic carbocycles. The molecule has 0 amide bonds. The van der Waals surface area contributed by atoms with E-state index in [1.54, 1.807) is 0 Å². The summed E-state index contributed by atoms with van der Waals surface area (Å²) >= 11 is 0. The summed E-state index contributed by atoms with van der Waals surface area (Å²) in [5.74, 6) is 0.797. The number of rotatable bonds is 5. The third-order valence-electron chi connectivity index (χ3n) is 2.28. The minimum absolute atomic E-state index is 0.0255. The first-order valence-corrected chi connectivity index (χ1v) is 5.07. The van der Waals surface area contributed by atoms with Crippen LogP contribution in [0.15, 0.2) is 0 Å². The van der Waals surface area contributed by atoms with Gasteiger partial charge in [-0.25, -0.2) is 0 Å². The Hall–Kier alpha value is -0.570. The van der Waals surface area contributed by atoms with Crippen LogP contribution in [0.4, 0.5) is 0 Å². The van der Waals surface area contributed by atoms with E-state index in [1.807, 2.05) is 0 Å². The average Bonchev–Trinajstić information content (AvgIpc) is 1.94. The number of nitrogens with one attached hydrogen (secondary N) is 1. The number of carbonyl (C=O) groups is 1. The predicted octanol–water partition coefficient (Wildman–Crippen LogP) is 1.19. The van der Waals surface area contributed by atoms with E-state index in [0.29, 0.717) is 12.5 Å². The number of ether oxygens (including phenoxy) is 1. The molecule has 1 rings (SSSR count). The molecule has 0 radical (unpaired) electrons. The van der Waals surface area contributed by atoms with E-state index in [4.69, 9.17) is 4.74 Å². The smallest absolute Gasteiger partial charge is 0.311 e. The first kappa shape index (κ1) is 10.5. The van der Waals surface area contributed by atoms with Crippen molar-refractivity contribution in [3.8, 4) is 0 Å². The van der Waals surface area contributed by atoms with Gasteiger partial charge >= 0.3 is 5.97 Å². The van der Waals surface area contributed by atoms with Gasteiger partial charge in [-0.05, 0) is 18.8 Å². The predicted molar refractivity (Wildman–Crippen MR) is 51.4 cm³/mol. The number of hydrogen-bond acceptors (Lipinski definition) is 3. The zero-order chi connectivity index (χ0) is 9.68. The fraction of sp³-hybridized carbons (Fsp3) is 0.900. The maximum Gasteiger partial charge on any atom is 0.311 e. The van der Waals surface area contributed by atoms with Crippen LogP contribution in [0.2, 0.25) is 0 Å². The SMILES string of the molecule is CC(C)CCCOC(=O)C1CNC1. The molecular formula is C10H19NO2. The lowest BCUT2D eigenvalue weighted by molar-refractivity contribution is -0.150. The molecule has 0 aromatic carbocycles. The van der Waals surface area contributed by atoms with Crippen LogP contribution in [-0.2, 0) is 9.53 Å². The molecule has 13 heavy (non-hydrogen) atoms. The summed E-state index contributed by atoms with van der Waals surface area (Å²) < 4.78 is 5.12. The van der Waals surface area contributed by atoms with Gasteiger partial charge in [0.1, 0.15) is 0 Å². The minimum Gasteiger partial charge on any atom is -0.465 e. The Bertz CT molecular complexity index is 164. The van der Waals surface area contributed by atoms with Crippen molar-refractivity contribution in [3.63, 3.8) is 0 Å². The van der Waals surface area contributed by atoms with Crippen LogP contribution in [0.3, 0.4) is 0 Å². The lowest BCUT2D eigenvalue weighted by Crippen LogP contribution is -2.47. The van der Waals surface area contributed by atoms with Gasteiger partial charge in [-0.1, -0.05) is 13.8 Å². The Balaban J connectivity index is 1.95. The van der Waals surface area contributed by atoms with Crippen LogP contribution in [0.1, 0.15) is 26.7 Å². The fourth-order valence-electron chi connectivity index (χ4n) is 1.24. The lowest BCUT2D eigenvalue weighted by atomic mass is 10.0. The molecule has 0 aromatic heterocycles. The molecule has 3 heteroatoms. The molecule has 0 bridgehead atoms. The Morgan fingerprint density at radius 1 is 1.54 bits per heavy atom. The molecule has 1 saturated heterocycles. The van der Waals surface area contributed by atoms with Crippen molar-refractivity contribution in [2.45, 2.75) is 26.7 Å². The van der Waals surface area contributed by atoms with E-state index >= 15 is 0 Å². The summed E-state index contributed by atoms with van der Waals surface area (Å²) in [5, 5.41) is 3.05. The second kappa shape index (κ2) is 5.22. The average molecular weight is 185 g/mol. The summed E-state index contributed by atoms with van der Waals surface area (Å²) in [4.78, 5) is 11.2. The molecule has 1 N–H and O–H groups in total. The number of carbonyl (C=O) groups excluding carboxylic acids is 1. The second-order valence-corrected chi connectivity index (χ2v) is 4.06. The second-order valence-electron chi connectivity index (χ2n) is 4.06. The first-order valence-electron chi connectivity index (χ1n) is 5.07. The number of hydrogen-bond donors (Lipinski definition) is 1. The van der Waals surface area contributed by atoms with Crippen molar-refractivity contribution < 1.29 is 9.53 Å². The van der Waals surface area contributed by atoms with E-state index in [2.05, 4.69) is 19.2 Å². The van der Waals surface area contributed by atoms with E-state index in [0.717, 1.165) is 25.9 Å². The lowest BCUT2D eigenvalue weighted by Gasteiger charge is -2.24. The minimum atomic E-state index is -0.0255. The summed E-state index contributed by atoms with van der Waals surface area (Å²) in [6.45, 7) is 6.54. The molecule has 3 nitrogen and oxygen atoms in total. The van der Waals surface area contributed by atoms with Crippen LogP contribution < -0.4 is 5.32 Å². The molecule has 1 aliphatic rings. The Morgan fingerprint density at radius 3 is 2.69 bits per heavy atom. The molecule has 0 spiro atoms. The maximum atomic E-state index is 11.2. The van der Waals surface area contributed by atoms with E-state index in [9.17, 15) is 4.79 Å². The van der Waals surface area contributed by atoms with Crippen molar-refractivity contribution in [3.05, 3.63) is 0 Å². The van der Waals surface area contributed by atoms with Crippen molar-refractivity contribution in [2.75, 3.05) is 19.7 Å². The topological polar surface area (TPSA) is 38.3 Å². The first-order chi connectivity index (χ1) is 6.20. The molecule has 1 aliphatic heterocycles. The summed E-state index contributed by atoms with van der Waals surface area (Å²) in [5.41, 5.74) is 0. The third-order valence-corrected chi connectivity index (χ3v) is 2.28. The summed E-state index contributed by atoms with van der Waals surface area (Å²) in [6, 6.07) is 0. The van der Waals surface area contributed by atoms with Gasteiger partial charge in [0.2, 0.25) is 0 Å². The molecule has 0 atom stereocenters. The Kier molecular flexibility index (Phi) is 4.22. The molecule has 0 unspecified atom stereocenters. The maximum absolute atomic E-state index is 11.2. The summed E-state index contributed by atoms with van der Waals surface area (Å²) in [6.07, 6.45) is 2.12. The Labute approximate surface area is 79.8 Å². The number of esters is 1. The molecular weight excluding hydrogens is 166 g/mol. The van der Waals surface area contributed by atoms with Gasteiger partial charge in [0, 0.05) is 13.1 Å². The van der Waals surface area contributed by atoms with Gasteiger partial charge in [-0.2, -0.15) is 0 Å². The van der Waals surface area contributed by atoms with Crippen molar-refractivity contribution in [1.82, 2.24) is 5.32 Å². The van der Waals surface area contributed by atoms with Gasteiger partial charge in [0.05, 0.1) is 12.5 Å². The van der Waals surface area contributed by atoms with Crippen molar-refractivity contribution in [2.24, 2.45) is 11.8 Å². The van der Waals surface area contributed by atoms with Crippen molar-refractivity contribution in [1.29, 1.82) is 0 Å². The molecule has 0 saturated carbocycles. The fourth-order valence-corrected chi connectivity index (χ4v) is 1.24. The highest BCUT2D eigenvalue weighted by Gasteiger charge is 2.25.